The van der Waals surface area contributed by atoms with Crippen molar-refractivity contribution in [2.75, 3.05) is 23.7 Å². The Hall–Kier alpha value is -3.03. The molecule has 3 aromatic carbocycles. The number of aryl methyl sites for hydroxylation is 2. The number of carbonyl (C=O) groups is 1. The van der Waals surface area contributed by atoms with Crippen molar-refractivity contribution in [1.29, 1.82) is 0 Å². The number of amides is 1. The van der Waals surface area contributed by atoms with Crippen LogP contribution >= 0.6 is 11.6 Å². The van der Waals surface area contributed by atoms with Gasteiger partial charge in [0.1, 0.15) is 12.4 Å². The first kappa shape index (κ1) is 26.6. The van der Waals surface area contributed by atoms with E-state index in [1.807, 2.05) is 44.2 Å². The molecular formula is C27H31ClN2O4S. The number of para-hydroxylation sites is 2. The molecule has 0 atom stereocenters. The lowest BCUT2D eigenvalue weighted by molar-refractivity contribution is 0.0947. The summed E-state index contributed by atoms with van der Waals surface area (Å²) in [6.45, 7) is 4.84. The smallest absolute Gasteiger partial charge is 0.251 e. The molecule has 0 aliphatic carbocycles. The van der Waals surface area contributed by atoms with Crippen LogP contribution in [0.5, 0.6) is 5.75 Å². The molecule has 0 spiro atoms. The van der Waals surface area contributed by atoms with Crippen molar-refractivity contribution in [3.05, 3.63) is 94.0 Å². The SMILES string of the molecule is CCc1cccc(CC)c1N(Cc1ccc(C(=O)NCCOc2ccccc2Cl)cc1)S(C)(=O)=O. The summed E-state index contributed by atoms with van der Waals surface area (Å²) in [5, 5.41) is 3.33. The van der Waals surface area contributed by atoms with Gasteiger partial charge in [0.15, 0.2) is 0 Å². The van der Waals surface area contributed by atoms with Gasteiger partial charge in [-0.15, -0.1) is 0 Å². The molecule has 6 nitrogen and oxygen atoms in total. The van der Waals surface area contributed by atoms with E-state index in [-0.39, 0.29) is 19.1 Å². The van der Waals surface area contributed by atoms with Gasteiger partial charge in [0.25, 0.3) is 5.91 Å². The minimum atomic E-state index is -3.52. The minimum Gasteiger partial charge on any atom is -0.490 e. The van der Waals surface area contributed by atoms with Crippen LogP contribution in [-0.2, 0) is 29.4 Å². The maximum Gasteiger partial charge on any atom is 0.251 e. The van der Waals surface area contributed by atoms with Gasteiger partial charge in [0, 0.05) is 5.56 Å². The summed E-state index contributed by atoms with van der Waals surface area (Å²) in [4.78, 5) is 12.5. The van der Waals surface area contributed by atoms with Gasteiger partial charge in [-0.2, -0.15) is 0 Å². The quantitative estimate of drug-likeness (QED) is 0.355. The third kappa shape index (κ3) is 6.99. The van der Waals surface area contributed by atoms with Gasteiger partial charge < -0.3 is 10.1 Å². The van der Waals surface area contributed by atoms with Crippen LogP contribution in [0, 0.1) is 0 Å². The second-order valence-electron chi connectivity index (χ2n) is 8.13. The predicted molar refractivity (Wildman–Crippen MR) is 142 cm³/mol. The molecule has 0 unspecified atom stereocenters. The molecule has 35 heavy (non-hydrogen) atoms. The van der Waals surface area contributed by atoms with E-state index in [0.29, 0.717) is 22.9 Å². The van der Waals surface area contributed by atoms with Crippen LogP contribution in [0.2, 0.25) is 5.02 Å². The first-order valence-corrected chi connectivity index (χ1v) is 13.8. The highest BCUT2D eigenvalue weighted by atomic mass is 35.5. The molecule has 1 amide bonds. The van der Waals surface area contributed by atoms with Crippen molar-refractivity contribution in [2.24, 2.45) is 0 Å². The average molecular weight is 515 g/mol. The van der Waals surface area contributed by atoms with Gasteiger partial charge in [0.05, 0.1) is 30.1 Å². The zero-order valence-corrected chi connectivity index (χ0v) is 21.8. The van der Waals surface area contributed by atoms with E-state index in [4.69, 9.17) is 16.3 Å². The second kappa shape index (κ2) is 12.1. The van der Waals surface area contributed by atoms with E-state index in [2.05, 4.69) is 5.32 Å². The van der Waals surface area contributed by atoms with E-state index >= 15 is 0 Å². The number of ether oxygens (including phenoxy) is 1. The largest absolute Gasteiger partial charge is 0.490 e. The van der Waals surface area contributed by atoms with Crippen LogP contribution in [0.25, 0.3) is 0 Å². The summed E-state index contributed by atoms with van der Waals surface area (Å²) in [5.41, 5.74) is 4.01. The molecule has 0 saturated carbocycles. The highest BCUT2D eigenvalue weighted by Crippen LogP contribution is 2.30. The van der Waals surface area contributed by atoms with Gasteiger partial charge >= 0.3 is 0 Å². The van der Waals surface area contributed by atoms with Crippen molar-refractivity contribution >= 4 is 33.2 Å². The van der Waals surface area contributed by atoms with Crippen LogP contribution in [0.1, 0.15) is 40.9 Å². The van der Waals surface area contributed by atoms with E-state index in [1.54, 1.807) is 36.4 Å². The van der Waals surface area contributed by atoms with E-state index in [0.717, 1.165) is 35.2 Å². The monoisotopic (exact) mass is 514 g/mol. The number of benzene rings is 3. The number of rotatable bonds is 11. The van der Waals surface area contributed by atoms with Crippen LogP contribution < -0.4 is 14.4 Å². The Balaban J connectivity index is 1.67. The zero-order valence-electron chi connectivity index (χ0n) is 20.3. The Morgan fingerprint density at radius 1 is 0.943 bits per heavy atom. The molecule has 0 aliphatic rings. The number of nitrogens with one attached hydrogen (secondary N) is 1. The molecule has 3 rings (SSSR count). The molecule has 0 saturated heterocycles. The lowest BCUT2D eigenvalue weighted by atomic mass is 10.0. The molecule has 0 radical (unpaired) electrons. The lowest BCUT2D eigenvalue weighted by Crippen LogP contribution is -2.31. The number of halogens is 1. The van der Waals surface area contributed by atoms with Crippen molar-refractivity contribution in [3.8, 4) is 5.75 Å². The molecule has 0 fully saturated rings. The van der Waals surface area contributed by atoms with Gasteiger partial charge in [-0.3, -0.25) is 9.10 Å². The molecule has 0 bridgehead atoms. The molecule has 0 aromatic heterocycles. The third-order valence-electron chi connectivity index (χ3n) is 5.64. The number of sulfonamides is 1. The lowest BCUT2D eigenvalue weighted by Gasteiger charge is -2.27. The zero-order chi connectivity index (χ0) is 25.4. The molecule has 186 valence electrons. The van der Waals surface area contributed by atoms with E-state index in [1.165, 1.54) is 10.6 Å². The highest BCUT2D eigenvalue weighted by Gasteiger charge is 2.23. The second-order valence-corrected chi connectivity index (χ2v) is 10.4. The molecular weight excluding hydrogens is 484 g/mol. The predicted octanol–water partition coefficient (Wildman–Crippen LogP) is 5.24. The fourth-order valence-electron chi connectivity index (χ4n) is 3.81. The third-order valence-corrected chi connectivity index (χ3v) is 7.06. The summed E-state index contributed by atoms with van der Waals surface area (Å²) in [5.74, 6) is 0.336. The van der Waals surface area contributed by atoms with E-state index < -0.39 is 10.0 Å². The van der Waals surface area contributed by atoms with E-state index in [9.17, 15) is 13.2 Å². The van der Waals surface area contributed by atoms with Crippen molar-refractivity contribution in [2.45, 2.75) is 33.2 Å². The molecule has 0 heterocycles. The summed E-state index contributed by atoms with van der Waals surface area (Å²) >= 11 is 6.06. The van der Waals surface area contributed by atoms with Crippen molar-refractivity contribution < 1.29 is 17.9 Å². The molecule has 1 N–H and O–H groups in total. The first-order chi connectivity index (χ1) is 16.7. The number of hydrogen-bond donors (Lipinski definition) is 1. The van der Waals surface area contributed by atoms with Crippen LogP contribution in [0.4, 0.5) is 5.69 Å². The Morgan fingerprint density at radius 2 is 1.57 bits per heavy atom. The number of nitrogens with zero attached hydrogens (tertiary/aromatic N) is 1. The highest BCUT2D eigenvalue weighted by molar-refractivity contribution is 7.92. The van der Waals surface area contributed by atoms with Crippen molar-refractivity contribution in [3.63, 3.8) is 0 Å². The van der Waals surface area contributed by atoms with Crippen molar-refractivity contribution in [1.82, 2.24) is 5.32 Å². The van der Waals surface area contributed by atoms with Gasteiger partial charge in [-0.1, -0.05) is 67.9 Å². The normalized spacial score (nSPS) is 11.2. The van der Waals surface area contributed by atoms with Gasteiger partial charge in [-0.05, 0) is 53.8 Å². The molecule has 0 aliphatic heterocycles. The molecule has 3 aromatic rings. The maximum absolute atomic E-state index is 12.8. The Kier molecular flexibility index (Phi) is 9.18. The minimum absolute atomic E-state index is 0.191. The average Bonchev–Trinajstić information content (AvgIpc) is 2.85. The number of carbonyl (C=O) groups excluding carboxylic acids is 1. The fourth-order valence-corrected chi connectivity index (χ4v) is 4.95. The number of hydrogen-bond acceptors (Lipinski definition) is 4. The Labute approximate surface area is 212 Å². The van der Waals surface area contributed by atoms with Crippen LogP contribution in [0.15, 0.2) is 66.7 Å². The standard InChI is InChI=1S/C27H31ClN2O4S/c1-4-21-9-8-10-22(5-2)26(21)30(35(3,32)33)19-20-13-15-23(16-14-20)27(31)29-17-18-34-25-12-7-6-11-24(25)28/h6-16H,4-5,17-19H2,1-3H3,(H,29,31). The summed E-state index contributed by atoms with van der Waals surface area (Å²) in [6.07, 6.45) is 2.69. The van der Waals surface area contributed by atoms with Crippen LogP contribution in [0.3, 0.4) is 0 Å². The van der Waals surface area contributed by atoms with Crippen LogP contribution in [-0.4, -0.2) is 33.7 Å². The first-order valence-electron chi connectivity index (χ1n) is 11.6. The molecule has 8 heteroatoms. The Bertz CT molecular complexity index is 1240. The number of anilines is 1. The summed E-state index contributed by atoms with van der Waals surface area (Å²) < 4.78 is 32.6. The van der Waals surface area contributed by atoms with Gasteiger partial charge in [-0.25, -0.2) is 8.42 Å². The summed E-state index contributed by atoms with van der Waals surface area (Å²) in [7, 11) is -3.52. The van der Waals surface area contributed by atoms with Gasteiger partial charge in [0.2, 0.25) is 10.0 Å². The summed E-state index contributed by atoms with van der Waals surface area (Å²) in [6, 6.07) is 20.0. The maximum atomic E-state index is 12.8. The Morgan fingerprint density at radius 3 is 2.14 bits per heavy atom. The topological polar surface area (TPSA) is 75.7 Å². The fraction of sp³-hybridized carbons (Fsp3) is 0.296.